The number of carbonyl (C=O) groups excluding carboxylic acids is 2. The Labute approximate surface area is 170 Å². The van der Waals surface area contributed by atoms with E-state index in [4.69, 9.17) is 4.42 Å². The summed E-state index contributed by atoms with van der Waals surface area (Å²) in [4.78, 5) is 43.6. The van der Waals surface area contributed by atoms with Gasteiger partial charge in [-0.05, 0) is 36.5 Å². The molecular formula is C20H20N6O4. The minimum absolute atomic E-state index is 0.191. The molecule has 2 amide bonds. The van der Waals surface area contributed by atoms with E-state index >= 15 is 0 Å². The zero-order chi connectivity index (χ0) is 20.7. The number of hydrogen-bond acceptors (Lipinski definition) is 7. The third-order valence-corrected chi connectivity index (χ3v) is 5.26. The number of H-pyrrole nitrogens is 1. The van der Waals surface area contributed by atoms with Gasteiger partial charge in [0.15, 0.2) is 5.58 Å². The average molecular weight is 408 g/mol. The van der Waals surface area contributed by atoms with Gasteiger partial charge in [0.05, 0.1) is 5.52 Å². The molecule has 1 aromatic heterocycles. The predicted octanol–water partition coefficient (Wildman–Crippen LogP) is 0.620. The number of benzene rings is 1. The van der Waals surface area contributed by atoms with Crippen molar-refractivity contribution in [1.82, 2.24) is 20.6 Å². The molecule has 1 atom stereocenters. The first-order valence-corrected chi connectivity index (χ1v) is 9.86. The Kier molecular flexibility index (Phi) is 4.46. The number of fused-ring (bicyclic) bond motifs is 2. The normalized spacial score (nSPS) is 20.0. The molecule has 5 rings (SSSR count). The molecule has 1 unspecified atom stereocenters. The second-order valence-electron chi connectivity index (χ2n) is 7.58. The summed E-state index contributed by atoms with van der Waals surface area (Å²) in [6, 6.07) is 5.17. The van der Waals surface area contributed by atoms with Crippen LogP contribution in [0, 0.1) is 5.92 Å². The monoisotopic (exact) mass is 408 g/mol. The molecule has 2 aromatic rings. The molecule has 1 fully saturated rings. The maximum Gasteiger partial charge on any atom is 0.417 e. The number of hydrazone groups is 1. The van der Waals surface area contributed by atoms with Crippen LogP contribution in [0.2, 0.25) is 0 Å². The number of nitrogens with one attached hydrogen (secondary N) is 3. The highest BCUT2D eigenvalue weighted by atomic mass is 16.4. The van der Waals surface area contributed by atoms with Gasteiger partial charge in [-0.2, -0.15) is 5.10 Å². The zero-order valence-corrected chi connectivity index (χ0v) is 16.1. The molecular weight excluding hydrogens is 388 g/mol. The van der Waals surface area contributed by atoms with Crippen molar-refractivity contribution >= 4 is 34.8 Å². The van der Waals surface area contributed by atoms with Crippen molar-refractivity contribution < 1.29 is 14.0 Å². The molecule has 2 aliphatic heterocycles. The molecule has 0 bridgehead atoms. The third-order valence-electron chi connectivity index (χ3n) is 5.26. The van der Waals surface area contributed by atoms with Crippen LogP contribution < -0.4 is 16.4 Å². The Bertz CT molecular complexity index is 1170. The first-order chi connectivity index (χ1) is 14.6. The van der Waals surface area contributed by atoms with E-state index in [1.165, 1.54) is 6.08 Å². The first-order valence-electron chi connectivity index (χ1n) is 9.86. The summed E-state index contributed by atoms with van der Waals surface area (Å²) in [5.41, 5.74) is 2.33. The van der Waals surface area contributed by atoms with Gasteiger partial charge in [0, 0.05) is 31.8 Å². The lowest BCUT2D eigenvalue weighted by Gasteiger charge is -2.26. The summed E-state index contributed by atoms with van der Waals surface area (Å²) in [6.07, 6.45) is 5.60. The van der Waals surface area contributed by atoms with E-state index in [2.05, 4.69) is 25.7 Å². The van der Waals surface area contributed by atoms with Crippen molar-refractivity contribution in [1.29, 1.82) is 0 Å². The molecule has 0 spiro atoms. The van der Waals surface area contributed by atoms with Crippen LogP contribution in [0.15, 0.2) is 49.3 Å². The van der Waals surface area contributed by atoms with Gasteiger partial charge in [0.1, 0.15) is 17.6 Å². The number of rotatable bonds is 6. The quantitative estimate of drug-likeness (QED) is 0.645. The standard InChI is InChI=1S/C20H20N6O4/c27-18(21-10-12-3-4-16-13(7-12)25-20(29)30-16)14-8-15(19(28)22-9-11-1-2-11)26-17(24-14)5-6-23-26/h3-4,6-8,11,17H,1-2,5,9-10H2,(H,21,27)(H,22,28)(H,25,29). The van der Waals surface area contributed by atoms with Crippen LogP contribution in [0.5, 0.6) is 0 Å². The molecule has 1 saturated carbocycles. The molecule has 1 aliphatic carbocycles. The first kappa shape index (κ1) is 18.3. The Morgan fingerprint density at radius 3 is 2.93 bits per heavy atom. The fraction of sp³-hybridized carbons (Fsp3) is 0.350. The lowest BCUT2D eigenvalue weighted by molar-refractivity contribution is -0.119. The zero-order valence-electron chi connectivity index (χ0n) is 16.1. The summed E-state index contributed by atoms with van der Waals surface area (Å²) in [5, 5.41) is 11.5. The van der Waals surface area contributed by atoms with Crippen LogP contribution in [-0.2, 0) is 16.1 Å². The molecule has 10 nitrogen and oxygen atoms in total. The number of hydrogen-bond donors (Lipinski definition) is 3. The fourth-order valence-corrected chi connectivity index (χ4v) is 3.46. The van der Waals surface area contributed by atoms with Gasteiger partial charge in [-0.1, -0.05) is 6.07 Å². The molecule has 30 heavy (non-hydrogen) atoms. The Morgan fingerprint density at radius 1 is 1.23 bits per heavy atom. The number of nitrogens with zero attached hydrogens (tertiary/aromatic N) is 3. The molecule has 0 saturated heterocycles. The van der Waals surface area contributed by atoms with Crippen molar-refractivity contribution in [3.8, 4) is 0 Å². The lowest BCUT2D eigenvalue weighted by atomic mass is 10.1. The SMILES string of the molecule is O=C(NCC1CC1)C1=CC(C(=O)NCc2ccc3oc(=O)[nH]c3c2)=NC2CC=NN12. The Morgan fingerprint density at radius 2 is 2.10 bits per heavy atom. The molecule has 10 heteroatoms. The van der Waals surface area contributed by atoms with Gasteiger partial charge in [0.2, 0.25) is 0 Å². The van der Waals surface area contributed by atoms with E-state index in [1.54, 1.807) is 29.4 Å². The van der Waals surface area contributed by atoms with Gasteiger partial charge in [0.25, 0.3) is 11.8 Å². The van der Waals surface area contributed by atoms with E-state index < -0.39 is 5.76 Å². The Hall–Kier alpha value is -3.69. The molecule has 0 radical (unpaired) electrons. The minimum Gasteiger partial charge on any atom is -0.408 e. The molecule has 154 valence electrons. The summed E-state index contributed by atoms with van der Waals surface area (Å²) >= 11 is 0. The van der Waals surface area contributed by atoms with E-state index in [1.807, 2.05) is 0 Å². The summed E-state index contributed by atoms with van der Waals surface area (Å²) in [7, 11) is 0. The van der Waals surface area contributed by atoms with Gasteiger partial charge < -0.3 is 15.1 Å². The minimum atomic E-state index is -0.524. The van der Waals surface area contributed by atoms with Crippen molar-refractivity contribution in [2.75, 3.05) is 6.54 Å². The highest BCUT2D eigenvalue weighted by Gasteiger charge is 2.33. The highest BCUT2D eigenvalue weighted by Crippen LogP contribution is 2.28. The smallest absolute Gasteiger partial charge is 0.408 e. The number of oxazole rings is 1. The van der Waals surface area contributed by atoms with Crippen LogP contribution in [0.1, 0.15) is 24.8 Å². The second kappa shape index (κ2) is 7.29. The fourth-order valence-electron chi connectivity index (χ4n) is 3.46. The van der Waals surface area contributed by atoms with E-state index in [0.29, 0.717) is 35.7 Å². The van der Waals surface area contributed by atoms with E-state index in [9.17, 15) is 14.4 Å². The largest absolute Gasteiger partial charge is 0.417 e. The predicted molar refractivity (Wildman–Crippen MR) is 109 cm³/mol. The van der Waals surface area contributed by atoms with Crippen molar-refractivity contribution in [2.45, 2.75) is 32.0 Å². The van der Waals surface area contributed by atoms with Crippen LogP contribution in [0.25, 0.3) is 11.1 Å². The van der Waals surface area contributed by atoms with Gasteiger partial charge in [-0.15, -0.1) is 0 Å². The van der Waals surface area contributed by atoms with E-state index in [0.717, 1.165) is 18.4 Å². The lowest BCUT2D eigenvalue weighted by Crippen LogP contribution is -2.41. The maximum absolute atomic E-state index is 12.7. The van der Waals surface area contributed by atoms with Crippen LogP contribution in [-0.4, -0.2) is 46.4 Å². The number of aromatic nitrogens is 1. The topological polar surface area (TPSA) is 132 Å². The van der Waals surface area contributed by atoms with E-state index in [-0.39, 0.29) is 30.2 Å². The average Bonchev–Trinajstić information content (AvgIpc) is 3.31. The summed E-state index contributed by atoms with van der Waals surface area (Å²) in [5.74, 6) is -0.603. The molecule has 3 heterocycles. The van der Waals surface area contributed by atoms with Crippen molar-refractivity contribution in [2.24, 2.45) is 16.0 Å². The van der Waals surface area contributed by atoms with Gasteiger partial charge >= 0.3 is 5.76 Å². The number of amides is 2. The number of aromatic amines is 1. The molecule has 3 N–H and O–H groups in total. The third kappa shape index (κ3) is 3.63. The van der Waals surface area contributed by atoms with Gasteiger partial charge in [-0.3, -0.25) is 19.6 Å². The van der Waals surface area contributed by atoms with Crippen molar-refractivity contribution in [3.05, 3.63) is 46.1 Å². The van der Waals surface area contributed by atoms with Crippen molar-refractivity contribution in [3.63, 3.8) is 0 Å². The van der Waals surface area contributed by atoms with Crippen LogP contribution >= 0.6 is 0 Å². The summed E-state index contributed by atoms with van der Waals surface area (Å²) in [6.45, 7) is 0.874. The van der Waals surface area contributed by atoms with Crippen LogP contribution in [0.4, 0.5) is 0 Å². The number of carbonyl (C=O) groups is 2. The van der Waals surface area contributed by atoms with Crippen LogP contribution in [0.3, 0.4) is 0 Å². The van der Waals surface area contributed by atoms with Gasteiger partial charge in [-0.25, -0.2) is 9.80 Å². The number of aliphatic imine (C=N–C) groups is 1. The maximum atomic E-state index is 12.7. The Balaban J connectivity index is 1.29. The molecule has 1 aromatic carbocycles. The molecule has 3 aliphatic rings. The highest BCUT2D eigenvalue weighted by molar-refractivity contribution is 6.44. The second-order valence-corrected chi connectivity index (χ2v) is 7.58. The summed E-state index contributed by atoms with van der Waals surface area (Å²) < 4.78 is 4.98.